The molecule has 0 aromatic heterocycles. The smallest absolute Gasteiger partial charge is 0.118 e. The van der Waals surface area contributed by atoms with E-state index in [4.69, 9.17) is 9.47 Å². The van der Waals surface area contributed by atoms with Crippen LogP contribution in [0.5, 0.6) is 5.75 Å². The second-order valence-electron chi connectivity index (χ2n) is 6.64. The molecule has 3 atom stereocenters. The molecule has 4 heteroatoms. The Morgan fingerprint density at radius 1 is 1.20 bits per heavy atom. The van der Waals surface area contributed by atoms with Crippen molar-refractivity contribution in [1.82, 2.24) is 5.32 Å². The minimum absolute atomic E-state index is 0.130. The first-order valence-electron chi connectivity index (χ1n) is 8.92. The zero-order valence-electron chi connectivity index (χ0n) is 14.9. The Bertz CT molecular complexity index is 671. The van der Waals surface area contributed by atoms with Crippen molar-refractivity contribution in [1.29, 1.82) is 0 Å². The largest absolute Gasteiger partial charge is 0.497 e. The maximum atomic E-state index is 10.4. The number of methoxy groups -OCH3 is 1. The topological polar surface area (TPSA) is 50.7 Å². The fraction of sp³-hybridized carbons (Fsp3) is 0.429. The molecule has 134 valence electrons. The van der Waals surface area contributed by atoms with Gasteiger partial charge < -0.3 is 19.9 Å². The van der Waals surface area contributed by atoms with Gasteiger partial charge in [0.2, 0.25) is 0 Å². The lowest BCUT2D eigenvalue weighted by atomic mass is 9.94. The first-order chi connectivity index (χ1) is 12.2. The van der Waals surface area contributed by atoms with Crippen molar-refractivity contribution in [3.63, 3.8) is 0 Å². The van der Waals surface area contributed by atoms with E-state index in [-0.39, 0.29) is 12.1 Å². The van der Waals surface area contributed by atoms with Gasteiger partial charge in [-0.1, -0.05) is 36.4 Å². The molecule has 1 aliphatic rings. The van der Waals surface area contributed by atoms with Crippen LogP contribution in [0.4, 0.5) is 0 Å². The van der Waals surface area contributed by atoms with Crippen molar-refractivity contribution in [3.05, 3.63) is 65.2 Å². The third-order valence-electron chi connectivity index (χ3n) is 4.82. The van der Waals surface area contributed by atoms with E-state index in [1.165, 1.54) is 11.1 Å². The highest BCUT2D eigenvalue weighted by Crippen LogP contribution is 2.30. The van der Waals surface area contributed by atoms with Crippen molar-refractivity contribution >= 4 is 0 Å². The lowest BCUT2D eigenvalue weighted by molar-refractivity contribution is 0.0296. The zero-order chi connectivity index (χ0) is 17.6. The number of aliphatic hydroxyl groups is 1. The molecule has 3 unspecified atom stereocenters. The average molecular weight is 341 g/mol. The van der Waals surface area contributed by atoms with Crippen molar-refractivity contribution < 1.29 is 14.6 Å². The molecule has 0 spiro atoms. The molecule has 0 saturated heterocycles. The van der Waals surface area contributed by atoms with Crippen molar-refractivity contribution in [3.8, 4) is 5.75 Å². The Hall–Kier alpha value is -1.88. The molecule has 0 amide bonds. The van der Waals surface area contributed by atoms with Crippen LogP contribution in [0.2, 0.25) is 0 Å². The predicted molar refractivity (Wildman–Crippen MR) is 98.9 cm³/mol. The number of fused-ring (bicyclic) bond motifs is 1. The van der Waals surface area contributed by atoms with E-state index in [2.05, 4.69) is 36.5 Å². The van der Waals surface area contributed by atoms with E-state index in [0.717, 1.165) is 30.8 Å². The van der Waals surface area contributed by atoms with Crippen LogP contribution in [0.1, 0.15) is 42.2 Å². The summed E-state index contributed by atoms with van der Waals surface area (Å²) in [6, 6.07) is 16.3. The lowest BCUT2D eigenvalue weighted by Gasteiger charge is -2.29. The lowest BCUT2D eigenvalue weighted by Crippen LogP contribution is -2.33. The fourth-order valence-electron chi connectivity index (χ4n) is 3.33. The molecular weight excluding hydrogens is 314 g/mol. The zero-order valence-corrected chi connectivity index (χ0v) is 14.9. The minimum Gasteiger partial charge on any atom is -0.497 e. The summed E-state index contributed by atoms with van der Waals surface area (Å²) in [6.07, 6.45) is 1.48. The molecule has 0 aliphatic carbocycles. The first-order valence-corrected chi connectivity index (χ1v) is 8.92. The summed E-state index contributed by atoms with van der Waals surface area (Å²) in [5, 5.41) is 13.8. The van der Waals surface area contributed by atoms with Gasteiger partial charge in [0, 0.05) is 12.6 Å². The van der Waals surface area contributed by atoms with Gasteiger partial charge in [-0.25, -0.2) is 0 Å². The highest BCUT2D eigenvalue weighted by molar-refractivity contribution is 5.31. The van der Waals surface area contributed by atoms with Crippen molar-refractivity contribution in [2.75, 3.05) is 20.3 Å². The molecule has 1 aliphatic heterocycles. The van der Waals surface area contributed by atoms with Crippen molar-refractivity contribution in [2.45, 2.75) is 38.0 Å². The average Bonchev–Trinajstić information content (AvgIpc) is 2.66. The van der Waals surface area contributed by atoms with E-state index in [1.807, 2.05) is 24.3 Å². The maximum absolute atomic E-state index is 10.4. The van der Waals surface area contributed by atoms with Crippen LogP contribution in [0, 0.1) is 0 Å². The number of rotatable bonds is 7. The summed E-state index contributed by atoms with van der Waals surface area (Å²) in [7, 11) is 1.64. The number of benzene rings is 2. The molecule has 2 aromatic rings. The third-order valence-corrected chi connectivity index (χ3v) is 4.82. The molecule has 0 radical (unpaired) electrons. The highest BCUT2D eigenvalue weighted by Gasteiger charge is 2.22. The van der Waals surface area contributed by atoms with Crippen molar-refractivity contribution in [2.24, 2.45) is 0 Å². The van der Waals surface area contributed by atoms with Gasteiger partial charge in [0.15, 0.2) is 0 Å². The van der Waals surface area contributed by atoms with Gasteiger partial charge in [-0.3, -0.25) is 0 Å². The molecule has 3 rings (SSSR count). The highest BCUT2D eigenvalue weighted by atomic mass is 16.5. The van der Waals surface area contributed by atoms with Gasteiger partial charge in [-0.2, -0.15) is 0 Å². The second-order valence-corrected chi connectivity index (χ2v) is 6.64. The second kappa shape index (κ2) is 8.48. The van der Waals surface area contributed by atoms with Crippen LogP contribution in [-0.4, -0.2) is 31.4 Å². The van der Waals surface area contributed by atoms with E-state index < -0.39 is 6.10 Å². The summed E-state index contributed by atoms with van der Waals surface area (Å²) < 4.78 is 11.1. The van der Waals surface area contributed by atoms with Gasteiger partial charge >= 0.3 is 0 Å². The van der Waals surface area contributed by atoms with E-state index in [1.54, 1.807) is 7.11 Å². The minimum atomic E-state index is -0.534. The fourth-order valence-corrected chi connectivity index (χ4v) is 3.33. The van der Waals surface area contributed by atoms with Gasteiger partial charge in [-0.15, -0.1) is 0 Å². The van der Waals surface area contributed by atoms with Gasteiger partial charge in [0.05, 0.1) is 25.9 Å². The van der Waals surface area contributed by atoms with Crippen LogP contribution in [0.25, 0.3) is 0 Å². The quantitative estimate of drug-likeness (QED) is 0.810. The van der Waals surface area contributed by atoms with Crippen LogP contribution in [-0.2, 0) is 11.2 Å². The Kier molecular flexibility index (Phi) is 6.08. The Balaban J connectivity index is 1.52. The standard InChI is InChI=1S/C21H27NO3/c1-15(13-21-19-6-4-3-5-16(19)11-12-25-21)22-14-20(23)17-7-9-18(24-2)10-8-17/h3-10,15,20-23H,11-14H2,1-2H3. The van der Waals surface area contributed by atoms with Gasteiger partial charge in [0.1, 0.15) is 5.75 Å². The first kappa shape index (κ1) is 17.9. The number of nitrogens with one attached hydrogen (secondary N) is 1. The summed E-state index contributed by atoms with van der Waals surface area (Å²) in [4.78, 5) is 0. The predicted octanol–water partition coefficient (Wildman–Crippen LogP) is 3.41. The van der Waals surface area contributed by atoms with Gasteiger partial charge in [0.25, 0.3) is 0 Å². The summed E-state index contributed by atoms with van der Waals surface area (Å²) >= 11 is 0. The number of hydrogen-bond acceptors (Lipinski definition) is 4. The number of ether oxygens (including phenoxy) is 2. The molecule has 0 bridgehead atoms. The third kappa shape index (κ3) is 4.60. The molecule has 2 aromatic carbocycles. The van der Waals surface area contributed by atoms with E-state index in [0.29, 0.717) is 6.54 Å². The van der Waals surface area contributed by atoms with E-state index >= 15 is 0 Å². The van der Waals surface area contributed by atoms with Crippen LogP contribution >= 0.6 is 0 Å². The molecule has 4 nitrogen and oxygen atoms in total. The number of aliphatic hydroxyl groups excluding tert-OH is 1. The molecular formula is C21H27NO3. The maximum Gasteiger partial charge on any atom is 0.118 e. The molecule has 2 N–H and O–H groups in total. The molecule has 0 saturated carbocycles. The Morgan fingerprint density at radius 3 is 2.72 bits per heavy atom. The summed E-state index contributed by atoms with van der Waals surface area (Å²) in [5.41, 5.74) is 3.59. The monoisotopic (exact) mass is 341 g/mol. The molecule has 0 fully saturated rings. The van der Waals surface area contributed by atoms with Crippen LogP contribution in [0.15, 0.2) is 48.5 Å². The molecule has 25 heavy (non-hydrogen) atoms. The normalized spacial score (nSPS) is 19.1. The van der Waals surface area contributed by atoms with Crippen LogP contribution in [0.3, 0.4) is 0 Å². The van der Waals surface area contributed by atoms with Crippen LogP contribution < -0.4 is 10.1 Å². The van der Waals surface area contributed by atoms with E-state index in [9.17, 15) is 5.11 Å². The SMILES string of the molecule is COc1ccc(C(O)CNC(C)CC2OCCc3ccccc32)cc1. The van der Waals surface area contributed by atoms with Gasteiger partial charge in [-0.05, 0) is 48.6 Å². The summed E-state index contributed by atoms with van der Waals surface area (Å²) in [6.45, 7) is 3.44. The number of hydrogen-bond donors (Lipinski definition) is 2. The summed E-state index contributed by atoms with van der Waals surface area (Å²) in [5.74, 6) is 0.797. The Morgan fingerprint density at radius 2 is 1.96 bits per heavy atom. The Labute approximate surface area is 149 Å². The molecule has 1 heterocycles.